The predicted octanol–water partition coefficient (Wildman–Crippen LogP) is 2.70. The summed E-state index contributed by atoms with van der Waals surface area (Å²) >= 11 is 3.41. The van der Waals surface area contributed by atoms with Crippen LogP contribution in [0.5, 0.6) is 0 Å². The number of methoxy groups -OCH3 is 1. The van der Waals surface area contributed by atoms with Gasteiger partial charge < -0.3 is 9.47 Å². The van der Waals surface area contributed by atoms with E-state index in [-0.39, 0.29) is 12.1 Å². The minimum atomic E-state index is -0.358. The quantitative estimate of drug-likeness (QED) is 0.791. The van der Waals surface area contributed by atoms with E-state index >= 15 is 0 Å². The van der Waals surface area contributed by atoms with E-state index in [4.69, 9.17) is 9.47 Å². The zero-order valence-electron chi connectivity index (χ0n) is 8.70. The molecular weight excluding hydrogens is 260 g/mol. The minimum Gasteiger partial charge on any atom is -0.455 e. The molecule has 1 aromatic rings. The molecule has 1 atom stereocenters. The number of hydrogen-bond acceptors (Lipinski definition) is 3. The molecular formula is C11H13BrO3. The van der Waals surface area contributed by atoms with Crippen LogP contribution in [0.3, 0.4) is 0 Å². The summed E-state index contributed by atoms with van der Waals surface area (Å²) in [4.78, 5) is 10.9. The van der Waals surface area contributed by atoms with Gasteiger partial charge >= 0.3 is 5.97 Å². The first-order valence-electron chi connectivity index (χ1n) is 4.55. The van der Waals surface area contributed by atoms with Gasteiger partial charge in [0.05, 0.1) is 6.61 Å². The van der Waals surface area contributed by atoms with E-state index < -0.39 is 0 Å². The summed E-state index contributed by atoms with van der Waals surface area (Å²) in [6.45, 7) is 1.74. The summed E-state index contributed by atoms with van der Waals surface area (Å²) in [6.07, 6.45) is -0.358. The summed E-state index contributed by atoms with van der Waals surface area (Å²) in [5.74, 6) is -0.312. The minimum absolute atomic E-state index is 0.312. The van der Waals surface area contributed by atoms with Crippen molar-refractivity contribution in [1.29, 1.82) is 0 Å². The molecule has 0 aliphatic rings. The Morgan fingerprint density at radius 1 is 1.47 bits per heavy atom. The van der Waals surface area contributed by atoms with Gasteiger partial charge in [-0.2, -0.15) is 0 Å². The topological polar surface area (TPSA) is 35.5 Å². The Labute approximate surface area is 97.5 Å². The van der Waals surface area contributed by atoms with Crippen LogP contribution in [-0.2, 0) is 14.3 Å². The molecule has 1 rings (SSSR count). The maximum atomic E-state index is 10.9. The first-order valence-corrected chi connectivity index (χ1v) is 5.35. The highest BCUT2D eigenvalue weighted by molar-refractivity contribution is 9.10. The lowest BCUT2D eigenvalue weighted by Gasteiger charge is -2.17. The molecule has 82 valence electrons. The van der Waals surface area contributed by atoms with E-state index in [0.29, 0.717) is 6.61 Å². The van der Waals surface area contributed by atoms with Gasteiger partial charge in [0, 0.05) is 24.1 Å². The van der Waals surface area contributed by atoms with Crippen molar-refractivity contribution in [3.63, 3.8) is 0 Å². The van der Waals surface area contributed by atoms with Crippen molar-refractivity contribution in [2.24, 2.45) is 0 Å². The molecule has 0 saturated carbocycles. The molecule has 0 saturated heterocycles. The second-order valence-electron chi connectivity index (χ2n) is 3.07. The van der Waals surface area contributed by atoms with E-state index in [1.165, 1.54) is 6.92 Å². The Morgan fingerprint density at radius 3 is 2.67 bits per heavy atom. The van der Waals surface area contributed by atoms with Crippen LogP contribution in [0.15, 0.2) is 28.7 Å². The Morgan fingerprint density at radius 2 is 2.13 bits per heavy atom. The van der Waals surface area contributed by atoms with Gasteiger partial charge in [-0.15, -0.1) is 0 Å². The van der Waals surface area contributed by atoms with Crippen molar-refractivity contribution in [2.75, 3.05) is 13.7 Å². The van der Waals surface area contributed by atoms with Gasteiger partial charge in [0.1, 0.15) is 0 Å². The Balaban J connectivity index is 2.88. The van der Waals surface area contributed by atoms with Crippen molar-refractivity contribution in [2.45, 2.75) is 13.0 Å². The number of esters is 1. The summed E-state index contributed by atoms with van der Waals surface area (Å²) in [5, 5.41) is 0. The zero-order valence-corrected chi connectivity index (χ0v) is 10.3. The summed E-state index contributed by atoms with van der Waals surface area (Å²) in [5.41, 5.74) is 0.912. The van der Waals surface area contributed by atoms with Gasteiger partial charge in [-0.05, 0) is 6.07 Å². The van der Waals surface area contributed by atoms with Crippen LogP contribution in [0, 0.1) is 0 Å². The van der Waals surface area contributed by atoms with Crippen molar-refractivity contribution < 1.29 is 14.3 Å². The first kappa shape index (κ1) is 12.2. The number of benzene rings is 1. The largest absolute Gasteiger partial charge is 0.455 e. The number of hydrogen-bond donors (Lipinski definition) is 0. The van der Waals surface area contributed by atoms with Crippen LogP contribution in [0.4, 0.5) is 0 Å². The number of rotatable bonds is 4. The number of ether oxygens (including phenoxy) is 2. The first-order chi connectivity index (χ1) is 7.15. The fourth-order valence-electron chi connectivity index (χ4n) is 1.28. The average Bonchev–Trinajstić information content (AvgIpc) is 2.17. The molecule has 0 aliphatic carbocycles. The Kier molecular flexibility index (Phi) is 4.78. The molecule has 1 unspecified atom stereocenters. The number of carbonyl (C=O) groups excluding carboxylic acids is 1. The van der Waals surface area contributed by atoms with E-state index in [1.54, 1.807) is 7.11 Å². The van der Waals surface area contributed by atoms with E-state index in [1.807, 2.05) is 24.3 Å². The lowest BCUT2D eigenvalue weighted by Crippen LogP contribution is -2.14. The molecule has 0 N–H and O–H groups in total. The van der Waals surface area contributed by atoms with Crippen LogP contribution in [-0.4, -0.2) is 19.7 Å². The maximum Gasteiger partial charge on any atom is 0.303 e. The van der Waals surface area contributed by atoms with Gasteiger partial charge in [-0.3, -0.25) is 4.79 Å². The fourth-order valence-corrected chi connectivity index (χ4v) is 1.82. The van der Waals surface area contributed by atoms with Crippen LogP contribution in [0.25, 0.3) is 0 Å². The summed E-state index contributed by atoms with van der Waals surface area (Å²) < 4.78 is 11.1. The molecule has 0 bridgehead atoms. The molecule has 0 amide bonds. The monoisotopic (exact) mass is 272 g/mol. The molecule has 0 fully saturated rings. The lowest BCUT2D eigenvalue weighted by atomic mass is 10.1. The molecule has 0 heterocycles. The summed E-state index contributed by atoms with van der Waals surface area (Å²) in [6, 6.07) is 7.61. The molecule has 0 aromatic heterocycles. The average molecular weight is 273 g/mol. The SMILES string of the molecule is COCC(OC(C)=O)c1ccccc1Br. The maximum absolute atomic E-state index is 10.9. The fraction of sp³-hybridized carbons (Fsp3) is 0.364. The number of halogens is 1. The van der Waals surface area contributed by atoms with Crippen molar-refractivity contribution in [3.8, 4) is 0 Å². The normalized spacial score (nSPS) is 12.2. The van der Waals surface area contributed by atoms with E-state index in [0.717, 1.165) is 10.0 Å². The Hall–Kier alpha value is -0.870. The Bertz CT molecular complexity index is 338. The van der Waals surface area contributed by atoms with Crippen molar-refractivity contribution >= 4 is 21.9 Å². The van der Waals surface area contributed by atoms with Crippen molar-refractivity contribution in [1.82, 2.24) is 0 Å². The van der Waals surface area contributed by atoms with Gasteiger partial charge in [-0.1, -0.05) is 34.1 Å². The standard InChI is InChI=1S/C11H13BrO3/c1-8(13)15-11(7-14-2)9-5-3-4-6-10(9)12/h3-6,11H,7H2,1-2H3. The smallest absolute Gasteiger partial charge is 0.303 e. The predicted molar refractivity (Wildman–Crippen MR) is 60.5 cm³/mol. The molecule has 15 heavy (non-hydrogen) atoms. The van der Waals surface area contributed by atoms with Crippen LogP contribution >= 0.6 is 15.9 Å². The van der Waals surface area contributed by atoms with E-state index in [2.05, 4.69) is 15.9 Å². The molecule has 0 aliphatic heterocycles. The van der Waals surface area contributed by atoms with Crippen LogP contribution in [0.1, 0.15) is 18.6 Å². The van der Waals surface area contributed by atoms with Gasteiger partial charge in [0.2, 0.25) is 0 Å². The van der Waals surface area contributed by atoms with Crippen molar-refractivity contribution in [3.05, 3.63) is 34.3 Å². The second-order valence-corrected chi connectivity index (χ2v) is 3.93. The third kappa shape index (κ3) is 3.64. The lowest BCUT2D eigenvalue weighted by molar-refractivity contribution is -0.149. The third-order valence-electron chi connectivity index (χ3n) is 1.88. The van der Waals surface area contributed by atoms with Crippen LogP contribution in [0.2, 0.25) is 0 Å². The van der Waals surface area contributed by atoms with Gasteiger partial charge in [0.25, 0.3) is 0 Å². The summed E-state index contributed by atoms with van der Waals surface area (Å²) in [7, 11) is 1.58. The zero-order chi connectivity index (χ0) is 11.3. The van der Waals surface area contributed by atoms with Gasteiger partial charge in [-0.25, -0.2) is 0 Å². The molecule has 4 heteroatoms. The van der Waals surface area contributed by atoms with Gasteiger partial charge in [0.15, 0.2) is 6.10 Å². The molecule has 3 nitrogen and oxygen atoms in total. The molecule has 1 aromatic carbocycles. The van der Waals surface area contributed by atoms with Crippen LogP contribution < -0.4 is 0 Å². The third-order valence-corrected chi connectivity index (χ3v) is 2.60. The molecule has 0 spiro atoms. The highest BCUT2D eigenvalue weighted by atomic mass is 79.9. The molecule has 0 radical (unpaired) electrons. The highest BCUT2D eigenvalue weighted by Gasteiger charge is 2.16. The second kappa shape index (κ2) is 5.88. The van der Waals surface area contributed by atoms with E-state index in [9.17, 15) is 4.79 Å². The number of carbonyl (C=O) groups is 1. The highest BCUT2D eigenvalue weighted by Crippen LogP contribution is 2.26.